The summed E-state index contributed by atoms with van der Waals surface area (Å²) in [7, 11) is -3.60. The summed E-state index contributed by atoms with van der Waals surface area (Å²) < 4.78 is 40.7. The average Bonchev–Trinajstić information content (AvgIpc) is 2.69. The van der Waals surface area contributed by atoms with E-state index in [1.165, 1.54) is 16.4 Å². The Bertz CT molecular complexity index is 964. The molecule has 150 valence electrons. The summed E-state index contributed by atoms with van der Waals surface area (Å²) in [5.74, 6) is -0.395. The van der Waals surface area contributed by atoms with Crippen LogP contribution in [0, 0.1) is 12.7 Å². The van der Waals surface area contributed by atoms with Crippen molar-refractivity contribution in [1.82, 2.24) is 9.21 Å². The summed E-state index contributed by atoms with van der Waals surface area (Å²) >= 11 is 0. The number of halogens is 1. The molecule has 2 aromatic carbocycles. The fraction of sp³-hybridized carbons (Fsp3) is 0.381. The Labute approximate surface area is 165 Å². The van der Waals surface area contributed by atoms with Crippen LogP contribution >= 0.6 is 0 Å². The summed E-state index contributed by atoms with van der Waals surface area (Å²) in [5.41, 5.74) is 2.10. The molecule has 0 aromatic heterocycles. The lowest BCUT2D eigenvalue weighted by molar-refractivity contribution is 0.0696. The molecular weight excluding hydrogens is 379 g/mol. The van der Waals surface area contributed by atoms with Crippen LogP contribution in [0.25, 0.3) is 0 Å². The van der Waals surface area contributed by atoms with E-state index in [9.17, 15) is 17.6 Å². The number of hydrogen-bond acceptors (Lipinski definition) is 3. The molecule has 1 heterocycles. The highest BCUT2D eigenvalue weighted by molar-refractivity contribution is 7.89. The van der Waals surface area contributed by atoms with Crippen molar-refractivity contribution >= 4 is 15.9 Å². The molecule has 1 saturated heterocycles. The fourth-order valence-electron chi connectivity index (χ4n) is 3.30. The van der Waals surface area contributed by atoms with Crippen molar-refractivity contribution in [2.75, 3.05) is 26.2 Å². The smallest absolute Gasteiger partial charge is 0.254 e. The van der Waals surface area contributed by atoms with E-state index in [1.807, 2.05) is 12.1 Å². The molecule has 2 aromatic rings. The quantitative estimate of drug-likeness (QED) is 0.785. The number of piperazine rings is 1. The number of amides is 1. The molecule has 28 heavy (non-hydrogen) atoms. The highest BCUT2D eigenvalue weighted by Crippen LogP contribution is 2.22. The minimum Gasteiger partial charge on any atom is -0.336 e. The molecule has 1 amide bonds. The van der Waals surface area contributed by atoms with Gasteiger partial charge >= 0.3 is 0 Å². The number of aryl methyl sites for hydroxylation is 1. The van der Waals surface area contributed by atoms with Crippen LogP contribution in [0.1, 0.15) is 41.3 Å². The second-order valence-electron chi connectivity index (χ2n) is 7.38. The minimum absolute atomic E-state index is 0.217. The van der Waals surface area contributed by atoms with Crippen molar-refractivity contribution < 1.29 is 17.6 Å². The van der Waals surface area contributed by atoms with Gasteiger partial charge in [0.1, 0.15) is 5.82 Å². The molecule has 3 rings (SSSR count). The maximum atomic E-state index is 13.5. The maximum absolute atomic E-state index is 13.5. The normalized spacial score (nSPS) is 15.8. The summed E-state index contributed by atoms with van der Waals surface area (Å²) in [6.07, 6.45) is 0. The van der Waals surface area contributed by atoms with E-state index < -0.39 is 15.8 Å². The Balaban J connectivity index is 1.70. The van der Waals surface area contributed by atoms with Crippen LogP contribution < -0.4 is 0 Å². The molecule has 1 aliphatic heterocycles. The molecule has 0 atom stereocenters. The first kappa shape index (κ1) is 20.5. The Morgan fingerprint density at radius 1 is 1.00 bits per heavy atom. The van der Waals surface area contributed by atoms with Gasteiger partial charge in [-0.25, -0.2) is 12.8 Å². The van der Waals surface area contributed by atoms with Gasteiger partial charge in [0.2, 0.25) is 10.0 Å². The number of carbonyl (C=O) groups excluding carboxylic acids is 1. The van der Waals surface area contributed by atoms with Gasteiger partial charge in [-0.2, -0.15) is 4.31 Å². The Hall–Kier alpha value is -2.25. The van der Waals surface area contributed by atoms with Gasteiger partial charge in [0, 0.05) is 31.7 Å². The van der Waals surface area contributed by atoms with E-state index in [-0.39, 0.29) is 37.0 Å². The van der Waals surface area contributed by atoms with E-state index >= 15 is 0 Å². The molecule has 0 aliphatic carbocycles. The monoisotopic (exact) mass is 404 g/mol. The van der Waals surface area contributed by atoms with Gasteiger partial charge in [0.15, 0.2) is 0 Å². The lowest BCUT2D eigenvalue weighted by Gasteiger charge is -2.34. The van der Waals surface area contributed by atoms with Crippen molar-refractivity contribution in [2.45, 2.75) is 31.6 Å². The third kappa shape index (κ3) is 4.10. The highest BCUT2D eigenvalue weighted by Gasteiger charge is 2.30. The van der Waals surface area contributed by atoms with Gasteiger partial charge in [-0.1, -0.05) is 32.0 Å². The largest absolute Gasteiger partial charge is 0.336 e. The average molecular weight is 405 g/mol. The lowest BCUT2D eigenvalue weighted by Crippen LogP contribution is -2.50. The van der Waals surface area contributed by atoms with E-state index in [0.717, 1.165) is 5.56 Å². The molecule has 0 radical (unpaired) electrons. The number of benzene rings is 2. The first-order valence-corrected chi connectivity index (χ1v) is 10.8. The van der Waals surface area contributed by atoms with Gasteiger partial charge in [-0.05, 0) is 48.2 Å². The molecule has 0 spiro atoms. The molecule has 0 bridgehead atoms. The number of carbonyl (C=O) groups is 1. The lowest BCUT2D eigenvalue weighted by atomic mass is 10.0. The second kappa shape index (κ2) is 8.01. The molecule has 0 saturated carbocycles. The molecule has 0 unspecified atom stereocenters. The van der Waals surface area contributed by atoms with Crippen LogP contribution in [0.4, 0.5) is 4.39 Å². The topological polar surface area (TPSA) is 57.7 Å². The van der Waals surface area contributed by atoms with Crippen LogP contribution in [0.15, 0.2) is 47.4 Å². The van der Waals surface area contributed by atoms with Crippen molar-refractivity contribution in [2.24, 2.45) is 0 Å². The highest BCUT2D eigenvalue weighted by atomic mass is 32.2. The van der Waals surface area contributed by atoms with Gasteiger partial charge in [0.25, 0.3) is 5.91 Å². The first-order valence-electron chi connectivity index (χ1n) is 9.35. The Morgan fingerprint density at radius 2 is 1.61 bits per heavy atom. The zero-order valence-electron chi connectivity index (χ0n) is 16.4. The minimum atomic E-state index is -3.60. The van der Waals surface area contributed by atoms with Gasteiger partial charge in [-0.15, -0.1) is 0 Å². The van der Waals surface area contributed by atoms with Crippen LogP contribution in [0.3, 0.4) is 0 Å². The van der Waals surface area contributed by atoms with Crippen LogP contribution in [0.5, 0.6) is 0 Å². The van der Waals surface area contributed by atoms with E-state index in [2.05, 4.69) is 13.8 Å². The Kier molecular flexibility index (Phi) is 5.86. The fourth-order valence-corrected chi connectivity index (χ4v) is 4.72. The third-order valence-electron chi connectivity index (χ3n) is 5.14. The van der Waals surface area contributed by atoms with Crippen molar-refractivity contribution in [1.29, 1.82) is 0 Å². The second-order valence-corrected chi connectivity index (χ2v) is 9.32. The molecule has 5 nitrogen and oxygen atoms in total. The third-order valence-corrected chi connectivity index (χ3v) is 7.05. The van der Waals surface area contributed by atoms with Crippen LogP contribution in [-0.2, 0) is 10.0 Å². The van der Waals surface area contributed by atoms with Crippen molar-refractivity contribution in [3.63, 3.8) is 0 Å². The predicted molar refractivity (Wildman–Crippen MR) is 106 cm³/mol. The van der Waals surface area contributed by atoms with Gasteiger partial charge < -0.3 is 4.90 Å². The zero-order chi connectivity index (χ0) is 20.5. The van der Waals surface area contributed by atoms with Gasteiger partial charge in [-0.3, -0.25) is 4.79 Å². The van der Waals surface area contributed by atoms with E-state index in [1.54, 1.807) is 30.0 Å². The van der Waals surface area contributed by atoms with E-state index in [4.69, 9.17) is 0 Å². The van der Waals surface area contributed by atoms with Crippen molar-refractivity contribution in [3.05, 3.63) is 65.0 Å². The molecule has 1 fully saturated rings. The SMILES string of the molecule is Cc1ccc(F)cc1C(=O)N1CCN(S(=O)(=O)c2ccc(C(C)C)cc2)CC1. The maximum Gasteiger partial charge on any atom is 0.254 e. The summed E-state index contributed by atoms with van der Waals surface area (Å²) in [4.78, 5) is 14.5. The van der Waals surface area contributed by atoms with Crippen LogP contribution in [-0.4, -0.2) is 49.7 Å². The molecular formula is C21H25FN2O3S. The standard InChI is InChI=1S/C21H25FN2O3S/c1-15(2)17-5-8-19(9-6-17)28(26,27)24-12-10-23(11-13-24)21(25)20-14-18(22)7-4-16(20)3/h4-9,14-15H,10-13H2,1-3H3. The molecule has 7 heteroatoms. The summed E-state index contributed by atoms with van der Waals surface area (Å²) in [5, 5.41) is 0. The molecule has 1 aliphatic rings. The van der Waals surface area contributed by atoms with Gasteiger partial charge in [0.05, 0.1) is 4.90 Å². The Morgan fingerprint density at radius 3 is 2.18 bits per heavy atom. The predicted octanol–water partition coefficient (Wildman–Crippen LogP) is 3.40. The number of sulfonamides is 1. The summed E-state index contributed by atoms with van der Waals surface area (Å²) in [6.45, 7) is 6.85. The molecule has 0 N–H and O–H groups in total. The zero-order valence-corrected chi connectivity index (χ0v) is 17.2. The number of rotatable bonds is 4. The van der Waals surface area contributed by atoms with Crippen LogP contribution in [0.2, 0.25) is 0 Å². The van der Waals surface area contributed by atoms with E-state index in [0.29, 0.717) is 17.0 Å². The first-order chi connectivity index (χ1) is 13.2. The summed E-state index contributed by atoms with van der Waals surface area (Å²) in [6, 6.07) is 11.1. The number of hydrogen-bond donors (Lipinski definition) is 0. The number of nitrogens with zero attached hydrogens (tertiary/aromatic N) is 2. The van der Waals surface area contributed by atoms with Crippen molar-refractivity contribution in [3.8, 4) is 0 Å².